The molecular weight excluding hydrogens is 266 g/mol. The number of carbonyl (C=O) groups excluding carboxylic acids is 2. The van der Waals surface area contributed by atoms with Crippen molar-refractivity contribution >= 4 is 11.8 Å². The Morgan fingerprint density at radius 3 is 2.29 bits per heavy atom. The summed E-state index contributed by atoms with van der Waals surface area (Å²) in [6.45, 7) is 8.85. The minimum Gasteiger partial charge on any atom is -0.352 e. The van der Waals surface area contributed by atoms with Crippen LogP contribution in [0.4, 0.5) is 0 Å². The molecule has 1 heterocycles. The Hall–Kier alpha value is -1.10. The molecule has 0 spiro atoms. The van der Waals surface area contributed by atoms with Crippen molar-refractivity contribution in [2.45, 2.75) is 58.5 Å². The third-order valence-electron chi connectivity index (χ3n) is 5.13. The first kappa shape index (κ1) is 16.3. The van der Waals surface area contributed by atoms with Gasteiger partial charge in [-0.25, -0.2) is 0 Å². The second-order valence-corrected chi connectivity index (χ2v) is 6.59. The first-order valence-electron chi connectivity index (χ1n) is 8.29. The van der Waals surface area contributed by atoms with E-state index in [1.54, 1.807) is 6.92 Å². The fourth-order valence-corrected chi connectivity index (χ4v) is 3.42. The summed E-state index contributed by atoms with van der Waals surface area (Å²) >= 11 is 0. The highest BCUT2D eigenvalue weighted by Gasteiger charge is 2.29. The summed E-state index contributed by atoms with van der Waals surface area (Å²) in [5, 5.41) is 3.24. The summed E-state index contributed by atoms with van der Waals surface area (Å²) in [4.78, 5) is 27.8. The molecule has 5 heteroatoms. The fourth-order valence-electron chi connectivity index (χ4n) is 3.42. The van der Waals surface area contributed by atoms with Crippen LogP contribution in [-0.4, -0.2) is 59.9 Å². The minimum atomic E-state index is -0.103. The van der Waals surface area contributed by atoms with Crippen molar-refractivity contribution in [2.24, 2.45) is 5.92 Å². The van der Waals surface area contributed by atoms with Gasteiger partial charge in [0, 0.05) is 39.1 Å². The van der Waals surface area contributed by atoms with Crippen molar-refractivity contribution in [1.29, 1.82) is 0 Å². The normalized spacial score (nSPS) is 29.0. The van der Waals surface area contributed by atoms with E-state index < -0.39 is 0 Å². The van der Waals surface area contributed by atoms with E-state index in [4.69, 9.17) is 0 Å². The van der Waals surface area contributed by atoms with Gasteiger partial charge < -0.3 is 10.2 Å². The Morgan fingerprint density at radius 2 is 1.71 bits per heavy atom. The number of carbonyl (C=O) groups is 2. The highest BCUT2D eigenvalue weighted by atomic mass is 16.2. The maximum atomic E-state index is 12.4. The monoisotopic (exact) mass is 295 g/mol. The Balaban J connectivity index is 1.81. The van der Waals surface area contributed by atoms with Crippen LogP contribution in [0.25, 0.3) is 0 Å². The molecule has 5 nitrogen and oxygen atoms in total. The van der Waals surface area contributed by atoms with Crippen molar-refractivity contribution in [3.8, 4) is 0 Å². The van der Waals surface area contributed by atoms with Gasteiger partial charge in [0.2, 0.25) is 11.8 Å². The van der Waals surface area contributed by atoms with Gasteiger partial charge in [0.25, 0.3) is 0 Å². The molecule has 21 heavy (non-hydrogen) atoms. The van der Waals surface area contributed by atoms with Gasteiger partial charge in [-0.2, -0.15) is 0 Å². The number of amides is 2. The Bertz CT molecular complexity index is 378. The van der Waals surface area contributed by atoms with Crippen LogP contribution >= 0.6 is 0 Å². The van der Waals surface area contributed by atoms with Crippen LogP contribution in [0.1, 0.15) is 46.5 Å². The van der Waals surface area contributed by atoms with Gasteiger partial charge in [0.1, 0.15) is 0 Å². The number of nitrogens with zero attached hydrogens (tertiary/aromatic N) is 2. The molecule has 2 fully saturated rings. The molecule has 1 saturated carbocycles. The third-order valence-corrected chi connectivity index (χ3v) is 5.13. The topological polar surface area (TPSA) is 52.7 Å². The molecule has 0 aromatic heterocycles. The van der Waals surface area contributed by atoms with Gasteiger partial charge in [-0.1, -0.05) is 19.8 Å². The number of piperazine rings is 1. The van der Waals surface area contributed by atoms with Gasteiger partial charge >= 0.3 is 0 Å². The molecule has 120 valence electrons. The second-order valence-electron chi connectivity index (χ2n) is 6.59. The van der Waals surface area contributed by atoms with Crippen LogP contribution < -0.4 is 5.32 Å². The van der Waals surface area contributed by atoms with Crippen LogP contribution in [0.15, 0.2) is 0 Å². The average molecular weight is 295 g/mol. The van der Waals surface area contributed by atoms with E-state index >= 15 is 0 Å². The Labute approximate surface area is 128 Å². The lowest BCUT2D eigenvalue weighted by molar-refractivity contribution is -0.132. The maximum absolute atomic E-state index is 12.4. The molecule has 0 unspecified atom stereocenters. The molecule has 1 saturated heterocycles. The SMILES string of the molecule is CC(=O)N1CCN([C@H](C)C(=O)N[C@@H]2CCCC[C@H]2C)CC1. The van der Waals surface area contributed by atoms with E-state index in [0.717, 1.165) is 32.6 Å². The van der Waals surface area contributed by atoms with E-state index in [0.29, 0.717) is 12.0 Å². The lowest BCUT2D eigenvalue weighted by Gasteiger charge is -2.38. The van der Waals surface area contributed by atoms with Crippen LogP contribution in [0.5, 0.6) is 0 Å². The molecule has 1 aliphatic heterocycles. The predicted molar refractivity (Wildman–Crippen MR) is 82.9 cm³/mol. The van der Waals surface area contributed by atoms with Gasteiger partial charge in [0.15, 0.2) is 0 Å². The zero-order chi connectivity index (χ0) is 15.4. The van der Waals surface area contributed by atoms with Crippen molar-refractivity contribution in [2.75, 3.05) is 26.2 Å². The van der Waals surface area contributed by atoms with Gasteiger partial charge in [-0.3, -0.25) is 14.5 Å². The number of rotatable bonds is 3. The Kier molecular flexibility index (Phi) is 5.62. The average Bonchev–Trinajstić information content (AvgIpc) is 2.49. The summed E-state index contributed by atoms with van der Waals surface area (Å²) in [5.41, 5.74) is 0. The van der Waals surface area contributed by atoms with E-state index in [1.165, 1.54) is 19.3 Å². The molecule has 2 amide bonds. The number of hydrogen-bond donors (Lipinski definition) is 1. The predicted octanol–water partition coefficient (Wildman–Crippen LogP) is 1.23. The van der Waals surface area contributed by atoms with E-state index in [9.17, 15) is 9.59 Å². The van der Waals surface area contributed by atoms with Crippen molar-refractivity contribution < 1.29 is 9.59 Å². The van der Waals surface area contributed by atoms with Crippen LogP contribution in [0.2, 0.25) is 0 Å². The quantitative estimate of drug-likeness (QED) is 0.852. The number of hydrogen-bond acceptors (Lipinski definition) is 3. The first-order valence-corrected chi connectivity index (χ1v) is 8.29. The molecular formula is C16H29N3O2. The molecule has 0 aromatic rings. The van der Waals surface area contributed by atoms with E-state index in [2.05, 4.69) is 17.1 Å². The lowest BCUT2D eigenvalue weighted by atomic mass is 9.86. The highest BCUT2D eigenvalue weighted by Crippen LogP contribution is 2.23. The number of nitrogens with one attached hydrogen (secondary N) is 1. The highest BCUT2D eigenvalue weighted by molar-refractivity contribution is 5.81. The smallest absolute Gasteiger partial charge is 0.237 e. The summed E-state index contributed by atoms with van der Waals surface area (Å²) in [5.74, 6) is 0.859. The second kappa shape index (κ2) is 7.25. The van der Waals surface area contributed by atoms with Crippen molar-refractivity contribution in [3.05, 3.63) is 0 Å². The minimum absolute atomic E-state index is 0.103. The zero-order valence-corrected chi connectivity index (χ0v) is 13.6. The van der Waals surface area contributed by atoms with Crippen LogP contribution in [-0.2, 0) is 9.59 Å². The summed E-state index contributed by atoms with van der Waals surface area (Å²) in [6.07, 6.45) is 4.84. The van der Waals surface area contributed by atoms with Gasteiger partial charge in [-0.15, -0.1) is 0 Å². The first-order chi connectivity index (χ1) is 9.99. The zero-order valence-electron chi connectivity index (χ0n) is 13.6. The van der Waals surface area contributed by atoms with Crippen molar-refractivity contribution in [3.63, 3.8) is 0 Å². The summed E-state index contributed by atoms with van der Waals surface area (Å²) in [6, 6.07) is 0.237. The van der Waals surface area contributed by atoms with Gasteiger partial charge in [0.05, 0.1) is 6.04 Å². The molecule has 2 rings (SSSR count). The van der Waals surface area contributed by atoms with Crippen LogP contribution in [0.3, 0.4) is 0 Å². The molecule has 0 radical (unpaired) electrons. The molecule has 0 bridgehead atoms. The molecule has 3 atom stereocenters. The fraction of sp³-hybridized carbons (Fsp3) is 0.875. The Morgan fingerprint density at radius 1 is 1.10 bits per heavy atom. The van der Waals surface area contributed by atoms with E-state index in [1.807, 2.05) is 11.8 Å². The van der Waals surface area contributed by atoms with E-state index in [-0.39, 0.29) is 17.9 Å². The largest absolute Gasteiger partial charge is 0.352 e. The lowest BCUT2D eigenvalue weighted by Crippen LogP contribution is -2.56. The van der Waals surface area contributed by atoms with Gasteiger partial charge in [-0.05, 0) is 25.7 Å². The molecule has 2 aliphatic rings. The maximum Gasteiger partial charge on any atom is 0.237 e. The molecule has 0 aromatic carbocycles. The third kappa shape index (κ3) is 4.19. The molecule has 1 N–H and O–H groups in total. The standard InChI is InChI=1S/C16H29N3O2/c1-12-6-4-5-7-15(12)17-16(21)13(2)18-8-10-19(11-9-18)14(3)20/h12-13,15H,4-11H2,1-3H3,(H,17,21)/t12-,13-,15-/m1/s1. The summed E-state index contributed by atoms with van der Waals surface area (Å²) in [7, 11) is 0. The summed E-state index contributed by atoms with van der Waals surface area (Å²) < 4.78 is 0. The van der Waals surface area contributed by atoms with Crippen LogP contribution in [0, 0.1) is 5.92 Å². The molecule has 1 aliphatic carbocycles. The van der Waals surface area contributed by atoms with Crippen molar-refractivity contribution in [1.82, 2.24) is 15.1 Å².